The molecule has 0 saturated heterocycles. The van der Waals surface area contributed by atoms with Gasteiger partial charge in [-0.2, -0.15) is 0 Å². The molecule has 0 spiro atoms. The lowest BCUT2D eigenvalue weighted by Crippen LogP contribution is -1.76. The lowest BCUT2D eigenvalue weighted by Gasteiger charge is -2.01. The highest BCUT2D eigenvalue weighted by atomic mass is 32.1. The van der Waals surface area contributed by atoms with Gasteiger partial charge in [-0.05, 0) is 16.8 Å². The van der Waals surface area contributed by atoms with Crippen LogP contribution in [0.5, 0.6) is 0 Å². The molecule has 0 bridgehead atoms. The lowest BCUT2D eigenvalue weighted by molar-refractivity contribution is 1.46. The number of rotatable bonds is 0. The van der Waals surface area contributed by atoms with Crippen molar-refractivity contribution in [3.63, 3.8) is 0 Å². The summed E-state index contributed by atoms with van der Waals surface area (Å²) in [6.07, 6.45) is 1.87. The van der Waals surface area contributed by atoms with Crippen LogP contribution < -0.4 is 0 Å². The molecule has 0 amide bonds. The summed E-state index contributed by atoms with van der Waals surface area (Å²) in [5.74, 6) is 0. The van der Waals surface area contributed by atoms with E-state index in [9.17, 15) is 0 Å². The quantitative estimate of drug-likeness (QED) is 0.523. The number of aromatic nitrogens is 1. The van der Waals surface area contributed by atoms with Crippen molar-refractivity contribution < 1.29 is 0 Å². The summed E-state index contributed by atoms with van der Waals surface area (Å²) < 4.78 is 0. The number of hydrogen-bond acceptors (Lipinski definition) is 2. The van der Waals surface area contributed by atoms with Gasteiger partial charge in [0.15, 0.2) is 0 Å². The van der Waals surface area contributed by atoms with Crippen LogP contribution in [0.2, 0.25) is 0 Å². The molecule has 2 aliphatic rings. The molecule has 1 nitrogen and oxygen atoms in total. The minimum Gasteiger partial charge on any atom is -0.245 e. The maximum atomic E-state index is 4.29. The summed E-state index contributed by atoms with van der Waals surface area (Å²) in [4.78, 5) is 4.29. The summed E-state index contributed by atoms with van der Waals surface area (Å²) in [6, 6.07) is 10.5. The first-order chi connectivity index (χ1) is 6.45. The summed E-state index contributed by atoms with van der Waals surface area (Å²) in [6.45, 7) is 0. The van der Waals surface area contributed by atoms with E-state index in [1.54, 1.807) is 11.3 Å². The van der Waals surface area contributed by atoms with E-state index in [2.05, 4.69) is 40.7 Å². The monoisotopic (exact) mass is 185 g/mol. The van der Waals surface area contributed by atoms with Gasteiger partial charge in [0, 0.05) is 17.1 Å². The fourth-order valence-corrected chi connectivity index (χ4v) is 2.45. The maximum absolute atomic E-state index is 4.29. The van der Waals surface area contributed by atoms with Crippen LogP contribution >= 0.6 is 11.3 Å². The lowest BCUT2D eigenvalue weighted by atomic mass is 10.1. The van der Waals surface area contributed by atoms with Crippen LogP contribution in [0.25, 0.3) is 21.3 Å². The SMILES string of the molecule is c1ccc2c3ccnc-3scc2c1. The molecule has 1 aromatic rings. The van der Waals surface area contributed by atoms with Gasteiger partial charge in [0.2, 0.25) is 0 Å². The maximum Gasteiger partial charge on any atom is 0.123 e. The molecule has 0 saturated carbocycles. The summed E-state index contributed by atoms with van der Waals surface area (Å²) in [7, 11) is 0. The van der Waals surface area contributed by atoms with Gasteiger partial charge in [0.1, 0.15) is 5.01 Å². The third kappa shape index (κ3) is 0.956. The van der Waals surface area contributed by atoms with E-state index >= 15 is 0 Å². The highest BCUT2D eigenvalue weighted by molar-refractivity contribution is 7.13. The minimum atomic E-state index is 1.12. The number of hydrogen-bond donors (Lipinski definition) is 0. The average molecular weight is 185 g/mol. The van der Waals surface area contributed by atoms with Crippen LogP contribution in [0.15, 0.2) is 41.9 Å². The predicted octanol–water partition coefficient (Wildman–Crippen LogP) is 3.40. The summed E-state index contributed by atoms with van der Waals surface area (Å²) in [5, 5.41) is 5.88. The average Bonchev–Trinajstić information content (AvgIpc) is 2.65. The van der Waals surface area contributed by atoms with E-state index in [0.29, 0.717) is 0 Å². The second-order valence-corrected chi connectivity index (χ2v) is 3.84. The Hall–Kier alpha value is -1.41. The zero-order chi connectivity index (χ0) is 8.67. The molecule has 2 heteroatoms. The van der Waals surface area contributed by atoms with Crippen LogP contribution in [0.3, 0.4) is 0 Å². The molecular formula is C11H7NS. The van der Waals surface area contributed by atoms with Crippen molar-refractivity contribution in [2.24, 2.45) is 0 Å². The zero-order valence-corrected chi connectivity index (χ0v) is 7.71. The highest BCUT2D eigenvalue weighted by Gasteiger charge is 2.07. The Morgan fingerprint density at radius 2 is 2.00 bits per heavy atom. The van der Waals surface area contributed by atoms with Crippen molar-refractivity contribution in [1.82, 2.24) is 4.98 Å². The van der Waals surface area contributed by atoms with E-state index < -0.39 is 0 Å². The summed E-state index contributed by atoms with van der Waals surface area (Å²) >= 11 is 1.70. The van der Waals surface area contributed by atoms with E-state index in [0.717, 1.165) is 5.01 Å². The number of fused-ring (bicyclic) bond motifs is 3. The zero-order valence-electron chi connectivity index (χ0n) is 6.90. The van der Waals surface area contributed by atoms with E-state index in [1.807, 2.05) is 6.20 Å². The molecule has 0 aliphatic carbocycles. The molecule has 1 aromatic carbocycles. The van der Waals surface area contributed by atoms with Crippen molar-refractivity contribution in [3.8, 4) is 10.6 Å². The van der Waals surface area contributed by atoms with Gasteiger partial charge in [-0.15, -0.1) is 11.3 Å². The second-order valence-electron chi connectivity index (χ2n) is 2.99. The molecular weight excluding hydrogens is 178 g/mol. The molecule has 0 N–H and O–H groups in total. The topological polar surface area (TPSA) is 12.9 Å². The first kappa shape index (κ1) is 7.04. The molecule has 0 unspecified atom stereocenters. The van der Waals surface area contributed by atoms with Gasteiger partial charge in [-0.3, -0.25) is 0 Å². The third-order valence-electron chi connectivity index (χ3n) is 2.21. The third-order valence-corrected chi connectivity index (χ3v) is 3.13. The Labute approximate surface area is 80.0 Å². The fourth-order valence-electron chi connectivity index (χ4n) is 1.58. The second kappa shape index (κ2) is 2.54. The van der Waals surface area contributed by atoms with Crippen LogP contribution in [-0.2, 0) is 0 Å². The van der Waals surface area contributed by atoms with Crippen molar-refractivity contribution in [2.75, 3.05) is 0 Å². The van der Waals surface area contributed by atoms with E-state index in [1.165, 1.54) is 16.3 Å². The van der Waals surface area contributed by atoms with Gasteiger partial charge in [-0.25, -0.2) is 4.98 Å². The molecule has 3 rings (SSSR count). The fraction of sp³-hybridized carbons (Fsp3) is 0. The van der Waals surface area contributed by atoms with Crippen LogP contribution in [0.1, 0.15) is 0 Å². The molecule has 0 aromatic heterocycles. The molecule has 2 aliphatic heterocycles. The molecule has 13 heavy (non-hydrogen) atoms. The van der Waals surface area contributed by atoms with Crippen molar-refractivity contribution in [2.45, 2.75) is 0 Å². The largest absolute Gasteiger partial charge is 0.245 e. The van der Waals surface area contributed by atoms with Crippen molar-refractivity contribution >= 4 is 22.1 Å². The van der Waals surface area contributed by atoms with Crippen LogP contribution in [0.4, 0.5) is 0 Å². The van der Waals surface area contributed by atoms with Gasteiger partial charge in [-0.1, -0.05) is 24.3 Å². The minimum absolute atomic E-state index is 1.12. The smallest absolute Gasteiger partial charge is 0.123 e. The first-order valence-corrected chi connectivity index (χ1v) is 5.04. The normalized spacial score (nSPS) is 11.1. The molecule has 0 atom stereocenters. The van der Waals surface area contributed by atoms with Crippen molar-refractivity contribution in [1.29, 1.82) is 0 Å². The van der Waals surface area contributed by atoms with Crippen LogP contribution in [0, 0.1) is 0 Å². The number of benzene rings is 1. The van der Waals surface area contributed by atoms with Crippen LogP contribution in [-0.4, -0.2) is 4.98 Å². The van der Waals surface area contributed by atoms with Crippen molar-refractivity contribution in [3.05, 3.63) is 41.9 Å². The Bertz CT molecular complexity index is 527. The van der Waals surface area contributed by atoms with Gasteiger partial charge in [0.05, 0.1) is 0 Å². The molecule has 0 fully saturated rings. The van der Waals surface area contributed by atoms with Gasteiger partial charge in [0.25, 0.3) is 0 Å². The highest BCUT2D eigenvalue weighted by Crippen LogP contribution is 2.32. The number of nitrogens with zero attached hydrogens (tertiary/aromatic N) is 1. The predicted molar refractivity (Wildman–Crippen MR) is 56.2 cm³/mol. The Morgan fingerprint density at radius 1 is 1.08 bits per heavy atom. The van der Waals surface area contributed by atoms with Gasteiger partial charge >= 0.3 is 0 Å². The Kier molecular flexibility index (Phi) is 1.37. The molecule has 62 valence electrons. The molecule has 0 radical (unpaired) electrons. The van der Waals surface area contributed by atoms with E-state index in [4.69, 9.17) is 0 Å². The van der Waals surface area contributed by atoms with E-state index in [-0.39, 0.29) is 0 Å². The Balaban J connectivity index is 2.57. The Morgan fingerprint density at radius 3 is 3.00 bits per heavy atom. The summed E-state index contributed by atoms with van der Waals surface area (Å²) in [5.41, 5.74) is 1.27. The van der Waals surface area contributed by atoms with Gasteiger partial charge < -0.3 is 0 Å². The molecule has 2 heterocycles. The standard InChI is InChI=1S/C11H7NS/c1-2-4-9-8(3-1)7-13-11-10(9)5-6-12-11/h1-7H. The first-order valence-electron chi connectivity index (χ1n) is 4.16.